The molecule has 0 saturated carbocycles. The Kier molecular flexibility index (Phi) is 5.55. The summed E-state index contributed by atoms with van der Waals surface area (Å²) in [4.78, 5) is 26.7. The van der Waals surface area contributed by atoms with E-state index >= 15 is 0 Å². The van der Waals surface area contributed by atoms with Crippen LogP contribution in [-0.2, 0) is 4.74 Å². The number of hydrogen-bond donors (Lipinski definition) is 0. The van der Waals surface area contributed by atoms with E-state index < -0.39 is 6.09 Å². The predicted octanol–water partition coefficient (Wildman–Crippen LogP) is 4.49. The average Bonchev–Trinajstić information content (AvgIpc) is 2.73. The standard InChI is InChI=1S/C21H18BrNO6/c1-13-20(29-17-5-3-2-4-16(17)22)19(24)15-7-6-14(12-18(15)27-13)28-21(25)23-8-10-26-11-9-23/h2-7,12H,8-11H2,1H3. The van der Waals surface area contributed by atoms with E-state index in [9.17, 15) is 9.59 Å². The van der Waals surface area contributed by atoms with Crippen LogP contribution in [0.3, 0.4) is 0 Å². The van der Waals surface area contributed by atoms with Gasteiger partial charge < -0.3 is 23.5 Å². The first-order chi connectivity index (χ1) is 14.0. The first-order valence-electron chi connectivity index (χ1n) is 9.07. The first kappa shape index (κ1) is 19.5. The van der Waals surface area contributed by atoms with Gasteiger partial charge in [0, 0.05) is 19.2 Å². The molecule has 0 N–H and O–H groups in total. The molecule has 8 heteroatoms. The van der Waals surface area contributed by atoms with Gasteiger partial charge >= 0.3 is 6.09 Å². The minimum Gasteiger partial charge on any atom is -0.457 e. The van der Waals surface area contributed by atoms with E-state index in [2.05, 4.69) is 15.9 Å². The van der Waals surface area contributed by atoms with E-state index in [1.54, 1.807) is 30.0 Å². The highest BCUT2D eigenvalue weighted by atomic mass is 79.9. The summed E-state index contributed by atoms with van der Waals surface area (Å²) in [6.07, 6.45) is -0.458. The molecular weight excluding hydrogens is 442 g/mol. The minimum absolute atomic E-state index is 0.113. The van der Waals surface area contributed by atoms with Gasteiger partial charge in [0.05, 0.1) is 23.1 Å². The zero-order chi connectivity index (χ0) is 20.4. The average molecular weight is 460 g/mol. The summed E-state index contributed by atoms with van der Waals surface area (Å²) >= 11 is 3.40. The Bertz CT molecular complexity index is 1120. The summed E-state index contributed by atoms with van der Waals surface area (Å²) in [6.45, 7) is 3.59. The Hall–Kier alpha value is -2.84. The van der Waals surface area contributed by atoms with Gasteiger partial charge in [0.1, 0.15) is 22.8 Å². The summed E-state index contributed by atoms with van der Waals surface area (Å²) in [5.74, 6) is 1.26. The molecule has 1 aliphatic heterocycles. The largest absolute Gasteiger partial charge is 0.457 e. The van der Waals surface area contributed by atoms with Crippen molar-refractivity contribution < 1.29 is 23.4 Å². The maximum Gasteiger partial charge on any atom is 0.415 e. The third-order valence-electron chi connectivity index (χ3n) is 4.51. The molecule has 0 aliphatic carbocycles. The van der Waals surface area contributed by atoms with E-state index in [0.29, 0.717) is 54.5 Å². The number of ether oxygens (including phenoxy) is 3. The predicted molar refractivity (Wildman–Crippen MR) is 110 cm³/mol. The highest BCUT2D eigenvalue weighted by Gasteiger charge is 2.20. The van der Waals surface area contributed by atoms with Crippen LogP contribution >= 0.6 is 15.9 Å². The summed E-state index contributed by atoms with van der Waals surface area (Å²) < 4.78 is 23.0. The lowest BCUT2D eigenvalue weighted by atomic mass is 10.2. The number of carbonyl (C=O) groups excluding carboxylic acids is 1. The Morgan fingerprint density at radius 2 is 1.90 bits per heavy atom. The van der Waals surface area contributed by atoms with Crippen LogP contribution in [0.2, 0.25) is 0 Å². The lowest BCUT2D eigenvalue weighted by Gasteiger charge is -2.25. The molecule has 3 aromatic rings. The second-order valence-electron chi connectivity index (χ2n) is 6.47. The van der Waals surface area contributed by atoms with Gasteiger partial charge in [-0.1, -0.05) is 12.1 Å². The molecule has 1 fully saturated rings. The zero-order valence-electron chi connectivity index (χ0n) is 15.6. The van der Waals surface area contributed by atoms with Crippen molar-refractivity contribution in [2.45, 2.75) is 6.92 Å². The molecule has 7 nitrogen and oxygen atoms in total. The van der Waals surface area contributed by atoms with Gasteiger partial charge in [0.15, 0.2) is 0 Å². The molecule has 150 valence electrons. The number of nitrogens with zero attached hydrogens (tertiary/aromatic N) is 1. The summed E-state index contributed by atoms with van der Waals surface area (Å²) in [6, 6.07) is 11.9. The fourth-order valence-corrected chi connectivity index (χ4v) is 3.36. The second kappa shape index (κ2) is 8.26. The topological polar surface area (TPSA) is 78.2 Å². The van der Waals surface area contributed by atoms with E-state index in [0.717, 1.165) is 4.47 Å². The van der Waals surface area contributed by atoms with Crippen molar-refractivity contribution in [3.63, 3.8) is 0 Å². The normalized spacial score (nSPS) is 14.1. The van der Waals surface area contributed by atoms with Crippen LogP contribution in [0.15, 0.2) is 56.1 Å². The SMILES string of the molecule is Cc1oc2cc(OC(=O)N3CCOCC3)ccc2c(=O)c1Oc1ccccc1Br. The van der Waals surface area contributed by atoms with Crippen LogP contribution < -0.4 is 14.9 Å². The van der Waals surface area contributed by atoms with Crippen molar-refractivity contribution in [2.24, 2.45) is 0 Å². The van der Waals surface area contributed by atoms with E-state index in [-0.39, 0.29) is 11.2 Å². The number of halogens is 1. The highest BCUT2D eigenvalue weighted by molar-refractivity contribution is 9.10. The van der Waals surface area contributed by atoms with Crippen molar-refractivity contribution in [1.82, 2.24) is 4.90 Å². The van der Waals surface area contributed by atoms with Crippen LogP contribution in [-0.4, -0.2) is 37.3 Å². The van der Waals surface area contributed by atoms with Crippen molar-refractivity contribution in [1.29, 1.82) is 0 Å². The molecule has 1 aromatic heterocycles. The fourth-order valence-electron chi connectivity index (χ4n) is 3.00. The first-order valence-corrected chi connectivity index (χ1v) is 9.86. The molecular formula is C21H18BrNO6. The van der Waals surface area contributed by atoms with Crippen molar-refractivity contribution >= 4 is 33.0 Å². The summed E-state index contributed by atoms with van der Waals surface area (Å²) in [7, 11) is 0. The molecule has 0 unspecified atom stereocenters. The number of morpholine rings is 1. The van der Waals surface area contributed by atoms with Crippen molar-refractivity contribution in [3.8, 4) is 17.2 Å². The van der Waals surface area contributed by atoms with Crippen LogP contribution in [0.25, 0.3) is 11.0 Å². The molecule has 0 bridgehead atoms. The molecule has 0 spiro atoms. The second-order valence-corrected chi connectivity index (χ2v) is 7.33. The highest BCUT2D eigenvalue weighted by Crippen LogP contribution is 2.31. The van der Waals surface area contributed by atoms with Gasteiger partial charge in [-0.2, -0.15) is 0 Å². The van der Waals surface area contributed by atoms with Gasteiger partial charge in [0.2, 0.25) is 11.2 Å². The van der Waals surface area contributed by atoms with Gasteiger partial charge in [-0.3, -0.25) is 4.79 Å². The number of carbonyl (C=O) groups is 1. The van der Waals surface area contributed by atoms with Crippen LogP contribution in [0.4, 0.5) is 4.79 Å². The third kappa shape index (κ3) is 4.13. The van der Waals surface area contributed by atoms with Crippen molar-refractivity contribution in [2.75, 3.05) is 26.3 Å². The van der Waals surface area contributed by atoms with Gasteiger partial charge in [-0.25, -0.2) is 4.79 Å². The van der Waals surface area contributed by atoms with Gasteiger partial charge in [-0.05, 0) is 47.1 Å². The zero-order valence-corrected chi connectivity index (χ0v) is 17.2. The Labute approximate surface area is 174 Å². The summed E-state index contributed by atoms with van der Waals surface area (Å²) in [5, 5.41) is 0.337. The molecule has 2 aromatic carbocycles. The molecule has 0 radical (unpaired) electrons. The molecule has 29 heavy (non-hydrogen) atoms. The van der Waals surface area contributed by atoms with E-state index in [1.807, 2.05) is 18.2 Å². The quantitative estimate of drug-likeness (QED) is 0.574. The molecule has 4 rings (SSSR count). The van der Waals surface area contributed by atoms with Crippen LogP contribution in [0.1, 0.15) is 5.76 Å². The Morgan fingerprint density at radius 1 is 1.14 bits per heavy atom. The number of hydrogen-bond acceptors (Lipinski definition) is 6. The number of benzene rings is 2. The lowest BCUT2D eigenvalue weighted by Crippen LogP contribution is -2.42. The number of rotatable bonds is 3. The lowest BCUT2D eigenvalue weighted by molar-refractivity contribution is 0.0416. The molecule has 2 heterocycles. The van der Waals surface area contributed by atoms with Crippen LogP contribution in [0.5, 0.6) is 17.2 Å². The van der Waals surface area contributed by atoms with E-state index in [1.165, 1.54) is 6.07 Å². The smallest absolute Gasteiger partial charge is 0.415 e. The maximum absolute atomic E-state index is 12.9. The van der Waals surface area contributed by atoms with E-state index in [4.69, 9.17) is 18.6 Å². The minimum atomic E-state index is -0.458. The third-order valence-corrected chi connectivity index (χ3v) is 5.16. The number of amides is 1. The number of aryl methyl sites for hydroxylation is 1. The Morgan fingerprint density at radius 3 is 2.66 bits per heavy atom. The molecule has 0 atom stereocenters. The summed E-state index contributed by atoms with van der Waals surface area (Å²) in [5.41, 5.74) is 0.0183. The maximum atomic E-state index is 12.9. The number of para-hydroxylation sites is 1. The molecule has 1 amide bonds. The number of fused-ring (bicyclic) bond motifs is 1. The van der Waals surface area contributed by atoms with Gasteiger partial charge in [-0.15, -0.1) is 0 Å². The molecule has 1 saturated heterocycles. The van der Waals surface area contributed by atoms with Crippen molar-refractivity contribution in [3.05, 3.63) is 62.9 Å². The van der Waals surface area contributed by atoms with Crippen LogP contribution in [0, 0.1) is 6.92 Å². The van der Waals surface area contributed by atoms with Gasteiger partial charge in [0.25, 0.3) is 0 Å². The fraction of sp³-hybridized carbons (Fsp3) is 0.238. The monoisotopic (exact) mass is 459 g/mol. The Balaban J connectivity index is 1.62. The molecule has 1 aliphatic rings.